The van der Waals surface area contributed by atoms with Crippen LogP contribution in [0.2, 0.25) is 0 Å². The summed E-state index contributed by atoms with van der Waals surface area (Å²) in [4.78, 5) is 18.5. The van der Waals surface area contributed by atoms with Crippen LogP contribution in [0.15, 0.2) is 30.5 Å². The van der Waals surface area contributed by atoms with E-state index in [0.717, 1.165) is 42.5 Å². The average Bonchev–Trinajstić information content (AvgIpc) is 3.49. The number of carbonyl (C=O) groups excluding carboxylic acids is 1. The predicted molar refractivity (Wildman–Crippen MR) is 128 cm³/mol. The number of carbonyl (C=O) groups is 1. The van der Waals surface area contributed by atoms with Gasteiger partial charge in [-0.3, -0.25) is 15.6 Å². The van der Waals surface area contributed by atoms with Crippen LogP contribution in [-0.4, -0.2) is 52.5 Å². The van der Waals surface area contributed by atoms with E-state index in [1.807, 2.05) is 28.9 Å². The lowest BCUT2D eigenvalue weighted by Gasteiger charge is -2.31. The molecule has 2 fully saturated rings. The van der Waals surface area contributed by atoms with Gasteiger partial charge in [0, 0.05) is 30.2 Å². The van der Waals surface area contributed by atoms with Crippen molar-refractivity contribution in [3.63, 3.8) is 0 Å². The zero-order chi connectivity index (χ0) is 23.2. The van der Waals surface area contributed by atoms with Gasteiger partial charge >= 0.3 is 0 Å². The van der Waals surface area contributed by atoms with Crippen molar-refractivity contribution in [3.8, 4) is 22.8 Å². The van der Waals surface area contributed by atoms with E-state index in [1.165, 1.54) is 0 Å². The summed E-state index contributed by atoms with van der Waals surface area (Å²) in [5.74, 6) is 1.91. The lowest BCUT2D eigenvalue weighted by molar-refractivity contribution is 0.0920. The maximum atomic E-state index is 13.6. The van der Waals surface area contributed by atoms with E-state index in [9.17, 15) is 4.79 Å². The number of nitrogens with zero attached hydrogens (tertiary/aromatic N) is 3. The quantitative estimate of drug-likeness (QED) is 0.548. The number of pyridine rings is 1. The molecule has 9 heteroatoms. The van der Waals surface area contributed by atoms with Gasteiger partial charge in [0.15, 0.2) is 17.1 Å². The Morgan fingerprint density at radius 1 is 1.18 bits per heavy atom. The van der Waals surface area contributed by atoms with Gasteiger partial charge in [-0.05, 0) is 63.3 Å². The van der Waals surface area contributed by atoms with Crippen molar-refractivity contribution in [2.75, 3.05) is 19.8 Å². The van der Waals surface area contributed by atoms with Gasteiger partial charge in [0.25, 0.3) is 5.91 Å². The molecule has 6 rings (SSSR count). The predicted octanol–water partition coefficient (Wildman–Crippen LogP) is 2.83. The van der Waals surface area contributed by atoms with Crippen LogP contribution in [-0.2, 0) is 0 Å². The third-order valence-electron chi connectivity index (χ3n) is 7.11. The van der Waals surface area contributed by atoms with Crippen molar-refractivity contribution in [2.45, 2.75) is 51.2 Å². The second-order valence-electron chi connectivity index (χ2n) is 9.71. The molecular weight excluding hydrogens is 432 g/mol. The highest BCUT2D eigenvalue weighted by atomic mass is 16.6. The fraction of sp³-hybridized carbons (Fsp3) is 0.480. The van der Waals surface area contributed by atoms with Crippen LogP contribution < -0.4 is 25.6 Å². The molecule has 3 N–H and O–H groups in total. The van der Waals surface area contributed by atoms with Crippen molar-refractivity contribution >= 4 is 16.9 Å². The topological polar surface area (TPSA) is 102 Å². The molecule has 2 aromatic heterocycles. The molecule has 0 radical (unpaired) electrons. The summed E-state index contributed by atoms with van der Waals surface area (Å²) in [6.45, 7) is 6.14. The first-order chi connectivity index (χ1) is 16.6. The van der Waals surface area contributed by atoms with E-state index < -0.39 is 0 Å². The fourth-order valence-corrected chi connectivity index (χ4v) is 5.33. The van der Waals surface area contributed by atoms with Crippen molar-refractivity contribution in [1.82, 2.24) is 30.9 Å². The van der Waals surface area contributed by atoms with E-state index in [0.29, 0.717) is 47.8 Å². The smallest absolute Gasteiger partial charge is 0.252 e. The monoisotopic (exact) mass is 462 g/mol. The maximum absolute atomic E-state index is 13.6. The lowest BCUT2D eigenvalue weighted by atomic mass is 9.83. The van der Waals surface area contributed by atoms with E-state index >= 15 is 0 Å². The molecule has 1 saturated heterocycles. The van der Waals surface area contributed by atoms with Gasteiger partial charge in [-0.1, -0.05) is 0 Å². The van der Waals surface area contributed by atoms with Crippen LogP contribution in [0.4, 0.5) is 0 Å². The molecule has 0 spiro atoms. The van der Waals surface area contributed by atoms with Crippen LogP contribution in [0.3, 0.4) is 0 Å². The van der Waals surface area contributed by atoms with Gasteiger partial charge in [0.1, 0.15) is 13.2 Å². The highest BCUT2D eigenvalue weighted by Crippen LogP contribution is 2.35. The molecule has 3 aliphatic rings. The average molecular weight is 463 g/mol. The third kappa shape index (κ3) is 3.78. The molecule has 0 bridgehead atoms. The van der Waals surface area contributed by atoms with Gasteiger partial charge in [0.05, 0.1) is 22.8 Å². The Bertz CT molecular complexity index is 1240. The second kappa shape index (κ2) is 8.56. The molecule has 34 heavy (non-hydrogen) atoms. The summed E-state index contributed by atoms with van der Waals surface area (Å²) in [6, 6.07) is 8.46. The Morgan fingerprint density at radius 3 is 2.88 bits per heavy atom. The zero-order valence-electron chi connectivity index (χ0n) is 19.5. The standard InChI is InChI=1S/C25H30N6O3/c1-14(2)31-24-19(13-27-31)18(25(32)28-17-4-5-20-16(9-17)12-26-30-20)11-21(29-24)15-3-6-22-23(10-15)34-8-7-33-22/h3,6,10-11,13-14,16-17,20,26,30H,4-5,7-9,12H2,1-2H3,(H,28,32). The molecule has 178 valence electrons. The van der Waals surface area contributed by atoms with Crippen molar-refractivity contribution in [2.24, 2.45) is 5.92 Å². The molecule has 2 aliphatic heterocycles. The zero-order valence-corrected chi connectivity index (χ0v) is 19.5. The van der Waals surface area contributed by atoms with Crippen LogP contribution >= 0.6 is 0 Å². The number of hydrogen-bond donors (Lipinski definition) is 3. The van der Waals surface area contributed by atoms with Gasteiger partial charge in [-0.25, -0.2) is 9.67 Å². The SMILES string of the molecule is CC(C)n1ncc2c(C(=O)NC3CCC4NNCC4C3)cc(-c3ccc4c(c3)OCCO4)nc21. The highest BCUT2D eigenvalue weighted by molar-refractivity contribution is 6.06. The van der Waals surface area contributed by atoms with Crippen LogP contribution in [0.5, 0.6) is 11.5 Å². The first-order valence-corrected chi connectivity index (χ1v) is 12.1. The van der Waals surface area contributed by atoms with Crippen LogP contribution in [0.25, 0.3) is 22.3 Å². The number of amides is 1. The molecule has 1 amide bonds. The minimum absolute atomic E-state index is 0.0723. The fourth-order valence-electron chi connectivity index (χ4n) is 5.33. The summed E-state index contributed by atoms with van der Waals surface area (Å²) in [6.07, 6.45) is 4.76. The van der Waals surface area contributed by atoms with Crippen LogP contribution in [0.1, 0.15) is 49.5 Å². The maximum Gasteiger partial charge on any atom is 0.252 e. The number of rotatable bonds is 4. The van der Waals surface area contributed by atoms with Crippen molar-refractivity contribution < 1.29 is 14.3 Å². The summed E-state index contributed by atoms with van der Waals surface area (Å²) >= 11 is 0. The number of hydrogen-bond acceptors (Lipinski definition) is 7. The summed E-state index contributed by atoms with van der Waals surface area (Å²) in [7, 11) is 0. The summed E-state index contributed by atoms with van der Waals surface area (Å²) < 4.78 is 13.3. The van der Waals surface area contributed by atoms with E-state index in [1.54, 1.807) is 6.20 Å². The molecule has 3 aromatic rings. The molecular formula is C25H30N6O3. The molecule has 1 aliphatic carbocycles. The molecule has 1 saturated carbocycles. The lowest BCUT2D eigenvalue weighted by Crippen LogP contribution is -2.44. The van der Waals surface area contributed by atoms with Gasteiger partial charge in [0.2, 0.25) is 0 Å². The Kier molecular flexibility index (Phi) is 5.38. The summed E-state index contributed by atoms with van der Waals surface area (Å²) in [5, 5.41) is 8.62. The second-order valence-corrected chi connectivity index (χ2v) is 9.71. The minimum Gasteiger partial charge on any atom is -0.486 e. The van der Waals surface area contributed by atoms with Gasteiger partial charge in [-0.2, -0.15) is 5.10 Å². The largest absolute Gasteiger partial charge is 0.486 e. The van der Waals surface area contributed by atoms with E-state index in [2.05, 4.69) is 35.1 Å². The van der Waals surface area contributed by atoms with Gasteiger partial charge < -0.3 is 14.8 Å². The van der Waals surface area contributed by atoms with Crippen molar-refractivity contribution in [1.29, 1.82) is 0 Å². The van der Waals surface area contributed by atoms with E-state index in [-0.39, 0.29) is 18.0 Å². The number of fused-ring (bicyclic) bond motifs is 3. The molecule has 3 unspecified atom stereocenters. The Labute approximate surface area is 198 Å². The number of hydrazine groups is 1. The third-order valence-corrected chi connectivity index (χ3v) is 7.11. The molecule has 9 nitrogen and oxygen atoms in total. The molecule has 1 aromatic carbocycles. The Hall–Kier alpha value is -3.17. The summed E-state index contributed by atoms with van der Waals surface area (Å²) in [5.41, 5.74) is 9.50. The number of benzene rings is 1. The number of nitrogens with one attached hydrogen (secondary N) is 3. The molecule has 4 heterocycles. The first-order valence-electron chi connectivity index (χ1n) is 12.1. The Balaban J connectivity index is 1.36. The van der Waals surface area contributed by atoms with E-state index in [4.69, 9.17) is 14.5 Å². The molecule has 3 atom stereocenters. The minimum atomic E-state index is -0.0723. The van der Waals surface area contributed by atoms with Crippen molar-refractivity contribution in [3.05, 3.63) is 36.0 Å². The highest BCUT2D eigenvalue weighted by Gasteiger charge is 2.34. The van der Waals surface area contributed by atoms with Gasteiger partial charge in [-0.15, -0.1) is 0 Å². The normalized spacial score (nSPS) is 23.8. The van der Waals surface area contributed by atoms with Crippen LogP contribution in [0, 0.1) is 5.92 Å². The first kappa shape index (κ1) is 21.4. The Morgan fingerprint density at radius 2 is 2.03 bits per heavy atom. The number of aromatic nitrogens is 3. The number of ether oxygens (including phenoxy) is 2.